The van der Waals surface area contributed by atoms with Crippen molar-refractivity contribution < 1.29 is 4.79 Å². The maximum atomic E-state index is 12.3. The van der Waals surface area contributed by atoms with Crippen molar-refractivity contribution in [3.63, 3.8) is 0 Å². The number of hydrogen-bond acceptors (Lipinski definition) is 5. The Kier molecular flexibility index (Phi) is 5.89. The van der Waals surface area contributed by atoms with Crippen LogP contribution < -0.4 is 5.32 Å². The molecule has 6 nitrogen and oxygen atoms in total. The molecule has 0 spiro atoms. The first-order valence-electron chi connectivity index (χ1n) is 8.11. The van der Waals surface area contributed by atoms with E-state index in [0.717, 1.165) is 27.4 Å². The summed E-state index contributed by atoms with van der Waals surface area (Å²) in [6.07, 6.45) is 6.71. The molecule has 1 aromatic heterocycles. The Morgan fingerprint density at radius 2 is 2.21 bits per heavy atom. The molecule has 3 rings (SSSR count). The van der Waals surface area contributed by atoms with Crippen LogP contribution in [0.2, 0.25) is 0 Å². The quantitative estimate of drug-likeness (QED) is 0.779. The first-order valence-corrected chi connectivity index (χ1v) is 9.72. The summed E-state index contributed by atoms with van der Waals surface area (Å²) in [4.78, 5) is 13.2. The predicted octanol–water partition coefficient (Wildman–Crippen LogP) is 4.03. The van der Waals surface area contributed by atoms with E-state index >= 15 is 0 Å². The largest absolute Gasteiger partial charge is 0.325 e. The lowest BCUT2D eigenvalue weighted by Crippen LogP contribution is -2.13. The van der Waals surface area contributed by atoms with E-state index in [0.29, 0.717) is 11.6 Å². The first kappa shape index (κ1) is 17.4. The summed E-state index contributed by atoms with van der Waals surface area (Å²) < 4.78 is 2.53. The second kappa shape index (κ2) is 8.11. The average molecular weight is 410 g/mol. The van der Waals surface area contributed by atoms with Gasteiger partial charge in [-0.05, 0) is 52.7 Å². The highest BCUT2D eigenvalue weighted by Crippen LogP contribution is 2.34. The number of nitrogens with zero attached hydrogens (tertiary/aromatic N) is 4. The fourth-order valence-corrected chi connectivity index (χ4v) is 4.10. The number of carbonyl (C=O) groups excluding carboxylic acids is 1. The van der Waals surface area contributed by atoms with Gasteiger partial charge in [0.05, 0.1) is 5.69 Å². The zero-order valence-corrected chi connectivity index (χ0v) is 15.9. The van der Waals surface area contributed by atoms with Crippen LogP contribution in [-0.2, 0) is 11.8 Å². The fraction of sp³-hybridized carbons (Fsp3) is 0.500. The second-order valence-electron chi connectivity index (χ2n) is 6.06. The van der Waals surface area contributed by atoms with Crippen LogP contribution >= 0.6 is 27.7 Å². The zero-order chi connectivity index (χ0) is 16.9. The van der Waals surface area contributed by atoms with Crippen LogP contribution in [0.3, 0.4) is 0 Å². The van der Waals surface area contributed by atoms with Crippen LogP contribution in [0.5, 0.6) is 0 Å². The number of rotatable bonds is 6. The smallest absolute Gasteiger partial charge is 0.224 e. The number of amides is 1. The van der Waals surface area contributed by atoms with Gasteiger partial charge in [0.15, 0.2) is 0 Å². The topological polar surface area (TPSA) is 72.7 Å². The minimum Gasteiger partial charge on any atom is -0.325 e. The highest BCUT2D eigenvalue weighted by atomic mass is 79.9. The highest BCUT2D eigenvalue weighted by molar-refractivity contribution is 9.10. The molecule has 2 aromatic rings. The monoisotopic (exact) mass is 409 g/mol. The van der Waals surface area contributed by atoms with E-state index in [1.807, 2.05) is 18.2 Å². The average Bonchev–Trinajstić information content (AvgIpc) is 3.20. The minimum absolute atomic E-state index is 0.0675. The minimum atomic E-state index is 0.0675. The molecule has 1 aromatic carbocycles. The Labute approximate surface area is 153 Å². The normalized spacial score (nSPS) is 14.9. The molecule has 1 aliphatic carbocycles. The van der Waals surface area contributed by atoms with Crippen molar-refractivity contribution in [1.29, 1.82) is 0 Å². The van der Waals surface area contributed by atoms with Crippen molar-refractivity contribution in [2.75, 3.05) is 5.32 Å². The number of halogens is 1. The molecule has 1 amide bonds. The molecule has 128 valence electrons. The third kappa shape index (κ3) is 4.57. The molecule has 1 heterocycles. The summed E-state index contributed by atoms with van der Waals surface area (Å²) in [7, 11) is 1.79. The lowest BCUT2D eigenvalue weighted by molar-refractivity contribution is -0.116. The third-order valence-corrected chi connectivity index (χ3v) is 5.85. The molecule has 0 atom stereocenters. The molecule has 0 bridgehead atoms. The van der Waals surface area contributed by atoms with Gasteiger partial charge in [-0.15, -0.1) is 5.10 Å². The van der Waals surface area contributed by atoms with Gasteiger partial charge in [0.2, 0.25) is 11.1 Å². The van der Waals surface area contributed by atoms with Crippen LogP contribution in [0.25, 0.3) is 0 Å². The zero-order valence-electron chi connectivity index (χ0n) is 13.5. The Hall–Kier alpha value is -1.41. The number of benzene rings is 1. The molecule has 0 unspecified atom stereocenters. The molecular weight excluding hydrogens is 390 g/mol. The fourth-order valence-electron chi connectivity index (χ4n) is 2.94. The number of aryl methyl sites for hydroxylation is 1. The van der Waals surface area contributed by atoms with Crippen LogP contribution in [0.4, 0.5) is 5.69 Å². The molecule has 1 fully saturated rings. The standard InChI is InChI=1S/C16H20BrN5OS/c1-22-16(19-20-21-22)24-14-8-7-12(17)10-13(14)18-15(23)9-6-11-4-2-3-5-11/h7-8,10-11H,2-6,9H2,1H3,(H,18,23). The van der Waals surface area contributed by atoms with Gasteiger partial charge >= 0.3 is 0 Å². The Morgan fingerprint density at radius 1 is 1.42 bits per heavy atom. The third-order valence-electron chi connectivity index (χ3n) is 4.25. The molecule has 8 heteroatoms. The van der Waals surface area contributed by atoms with Crippen molar-refractivity contribution in [2.24, 2.45) is 13.0 Å². The Bertz CT molecular complexity index is 714. The van der Waals surface area contributed by atoms with Gasteiger partial charge in [-0.2, -0.15) is 0 Å². The Balaban J connectivity index is 1.66. The number of aromatic nitrogens is 4. The van der Waals surface area contributed by atoms with E-state index in [9.17, 15) is 4.79 Å². The van der Waals surface area contributed by atoms with Crippen LogP contribution in [-0.4, -0.2) is 26.1 Å². The van der Waals surface area contributed by atoms with Crippen molar-refractivity contribution >= 4 is 39.3 Å². The van der Waals surface area contributed by atoms with E-state index in [1.165, 1.54) is 37.4 Å². The van der Waals surface area contributed by atoms with Gasteiger partial charge < -0.3 is 5.32 Å². The Morgan fingerprint density at radius 3 is 2.92 bits per heavy atom. The number of anilines is 1. The maximum Gasteiger partial charge on any atom is 0.224 e. The molecule has 0 aliphatic heterocycles. The highest BCUT2D eigenvalue weighted by Gasteiger charge is 2.17. The van der Waals surface area contributed by atoms with Crippen molar-refractivity contribution in [2.45, 2.75) is 48.6 Å². The van der Waals surface area contributed by atoms with Crippen LogP contribution in [0.1, 0.15) is 38.5 Å². The summed E-state index contributed by atoms with van der Waals surface area (Å²) in [6, 6.07) is 5.82. The molecule has 24 heavy (non-hydrogen) atoms. The lowest BCUT2D eigenvalue weighted by atomic mass is 10.0. The molecule has 1 aliphatic rings. The van der Waals surface area contributed by atoms with E-state index < -0.39 is 0 Å². The van der Waals surface area contributed by atoms with Crippen LogP contribution in [0.15, 0.2) is 32.7 Å². The van der Waals surface area contributed by atoms with Gasteiger partial charge in [-0.3, -0.25) is 4.79 Å². The number of tetrazole rings is 1. The number of hydrogen-bond donors (Lipinski definition) is 1. The molecule has 1 saturated carbocycles. The maximum absolute atomic E-state index is 12.3. The van der Waals surface area contributed by atoms with Crippen molar-refractivity contribution in [1.82, 2.24) is 20.2 Å². The summed E-state index contributed by atoms with van der Waals surface area (Å²) in [5, 5.41) is 15.2. The molecule has 0 radical (unpaired) electrons. The summed E-state index contributed by atoms with van der Waals surface area (Å²) >= 11 is 4.90. The lowest BCUT2D eigenvalue weighted by Gasteiger charge is -2.12. The second-order valence-corrected chi connectivity index (χ2v) is 7.99. The number of carbonyl (C=O) groups is 1. The van der Waals surface area contributed by atoms with Crippen molar-refractivity contribution in [3.8, 4) is 0 Å². The summed E-state index contributed by atoms with van der Waals surface area (Å²) in [6.45, 7) is 0. The first-order chi connectivity index (χ1) is 11.6. The van der Waals surface area contributed by atoms with Gasteiger partial charge in [0.25, 0.3) is 0 Å². The van der Waals surface area contributed by atoms with E-state index in [4.69, 9.17) is 0 Å². The van der Waals surface area contributed by atoms with E-state index in [1.54, 1.807) is 11.7 Å². The van der Waals surface area contributed by atoms with Crippen molar-refractivity contribution in [3.05, 3.63) is 22.7 Å². The predicted molar refractivity (Wildman–Crippen MR) is 96.9 cm³/mol. The molecule has 1 N–H and O–H groups in total. The van der Waals surface area contributed by atoms with E-state index in [-0.39, 0.29) is 5.91 Å². The summed E-state index contributed by atoms with van der Waals surface area (Å²) in [5.41, 5.74) is 0.786. The summed E-state index contributed by atoms with van der Waals surface area (Å²) in [5.74, 6) is 0.787. The van der Waals surface area contributed by atoms with Crippen LogP contribution in [0, 0.1) is 5.92 Å². The van der Waals surface area contributed by atoms with Gasteiger partial charge in [0.1, 0.15) is 0 Å². The van der Waals surface area contributed by atoms with Gasteiger partial charge in [-0.1, -0.05) is 41.6 Å². The molecule has 0 saturated heterocycles. The van der Waals surface area contributed by atoms with Gasteiger partial charge in [-0.25, -0.2) is 4.68 Å². The molecular formula is C16H20BrN5OS. The SMILES string of the molecule is Cn1nnnc1Sc1ccc(Br)cc1NC(=O)CCC1CCCC1. The number of nitrogens with one attached hydrogen (secondary N) is 1. The van der Waals surface area contributed by atoms with E-state index in [2.05, 4.69) is 36.8 Å². The van der Waals surface area contributed by atoms with Gasteiger partial charge in [0, 0.05) is 22.8 Å².